The molecule has 2 fully saturated rings. The standard InChI is InChI=1S/C11H17NO/c1-2-11(13)12-7-10-6-8-3-4-9(10)5-8/h2,8-10H,1,3-7H2,(H,12,13). The van der Waals surface area contributed by atoms with E-state index in [1.165, 1.54) is 31.8 Å². The molecule has 2 rings (SSSR count). The van der Waals surface area contributed by atoms with Gasteiger partial charge in [-0.3, -0.25) is 4.79 Å². The molecule has 1 N–H and O–H groups in total. The van der Waals surface area contributed by atoms with Crippen molar-refractivity contribution in [3.63, 3.8) is 0 Å². The van der Waals surface area contributed by atoms with Crippen molar-refractivity contribution in [3.05, 3.63) is 12.7 Å². The van der Waals surface area contributed by atoms with Crippen molar-refractivity contribution in [3.8, 4) is 0 Å². The molecule has 2 nitrogen and oxygen atoms in total. The van der Waals surface area contributed by atoms with Crippen LogP contribution in [0.4, 0.5) is 0 Å². The Labute approximate surface area is 79.4 Å². The zero-order chi connectivity index (χ0) is 9.26. The van der Waals surface area contributed by atoms with Crippen LogP contribution in [0.1, 0.15) is 25.7 Å². The summed E-state index contributed by atoms with van der Waals surface area (Å²) >= 11 is 0. The van der Waals surface area contributed by atoms with Crippen LogP contribution >= 0.6 is 0 Å². The number of carbonyl (C=O) groups excluding carboxylic acids is 1. The SMILES string of the molecule is C=CC(=O)NCC1CC2CCC1C2. The minimum Gasteiger partial charge on any atom is -0.352 e. The minimum atomic E-state index is -0.0252. The van der Waals surface area contributed by atoms with Crippen molar-refractivity contribution in [2.75, 3.05) is 6.54 Å². The van der Waals surface area contributed by atoms with Crippen LogP contribution in [-0.4, -0.2) is 12.5 Å². The molecule has 0 heterocycles. The molecule has 0 spiro atoms. The van der Waals surface area contributed by atoms with Gasteiger partial charge in [0, 0.05) is 6.54 Å². The average Bonchev–Trinajstić information content (AvgIpc) is 2.74. The fourth-order valence-electron chi connectivity index (χ4n) is 2.93. The maximum absolute atomic E-state index is 10.9. The zero-order valence-electron chi connectivity index (χ0n) is 7.96. The second-order valence-corrected chi connectivity index (χ2v) is 4.38. The Morgan fingerprint density at radius 2 is 2.31 bits per heavy atom. The molecular weight excluding hydrogens is 162 g/mol. The Hall–Kier alpha value is -0.790. The van der Waals surface area contributed by atoms with Gasteiger partial charge in [0.1, 0.15) is 0 Å². The quantitative estimate of drug-likeness (QED) is 0.657. The molecule has 2 heteroatoms. The normalized spacial score (nSPS) is 36.2. The van der Waals surface area contributed by atoms with Gasteiger partial charge < -0.3 is 5.32 Å². The van der Waals surface area contributed by atoms with Gasteiger partial charge in [-0.25, -0.2) is 0 Å². The fraction of sp³-hybridized carbons (Fsp3) is 0.727. The van der Waals surface area contributed by atoms with Crippen molar-refractivity contribution >= 4 is 5.91 Å². The van der Waals surface area contributed by atoms with E-state index < -0.39 is 0 Å². The summed E-state index contributed by atoms with van der Waals surface area (Å²) in [5.74, 6) is 2.59. The highest BCUT2D eigenvalue weighted by molar-refractivity contribution is 5.86. The van der Waals surface area contributed by atoms with Gasteiger partial charge >= 0.3 is 0 Å². The van der Waals surface area contributed by atoms with E-state index in [0.29, 0.717) is 0 Å². The van der Waals surface area contributed by atoms with Gasteiger partial charge in [0.15, 0.2) is 0 Å². The van der Waals surface area contributed by atoms with E-state index in [2.05, 4.69) is 11.9 Å². The summed E-state index contributed by atoms with van der Waals surface area (Å²) in [7, 11) is 0. The molecular formula is C11H17NO. The lowest BCUT2D eigenvalue weighted by molar-refractivity contribution is -0.116. The van der Waals surface area contributed by atoms with E-state index in [1.807, 2.05) is 0 Å². The largest absolute Gasteiger partial charge is 0.352 e. The Morgan fingerprint density at radius 1 is 1.46 bits per heavy atom. The van der Waals surface area contributed by atoms with Crippen molar-refractivity contribution in [2.45, 2.75) is 25.7 Å². The molecule has 3 atom stereocenters. The number of amides is 1. The van der Waals surface area contributed by atoms with Crippen molar-refractivity contribution in [1.82, 2.24) is 5.32 Å². The van der Waals surface area contributed by atoms with E-state index >= 15 is 0 Å². The lowest BCUT2D eigenvalue weighted by Crippen LogP contribution is -2.30. The van der Waals surface area contributed by atoms with Crippen LogP contribution in [-0.2, 0) is 4.79 Å². The summed E-state index contributed by atoms with van der Waals surface area (Å²) in [5, 5.41) is 2.90. The van der Waals surface area contributed by atoms with Gasteiger partial charge in [-0.05, 0) is 43.1 Å². The smallest absolute Gasteiger partial charge is 0.243 e. The molecule has 0 aliphatic heterocycles. The summed E-state index contributed by atoms with van der Waals surface area (Å²) < 4.78 is 0. The van der Waals surface area contributed by atoms with Crippen molar-refractivity contribution < 1.29 is 4.79 Å². The summed E-state index contributed by atoms with van der Waals surface area (Å²) in [4.78, 5) is 10.9. The Kier molecular flexibility index (Phi) is 2.38. The van der Waals surface area contributed by atoms with Gasteiger partial charge in [-0.15, -0.1) is 0 Å². The third-order valence-electron chi connectivity index (χ3n) is 3.61. The minimum absolute atomic E-state index is 0.0252. The Bertz CT molecular complexity index is 224. The number of hydrogen-bond donors (Lipinski definition) is 1. The molecule has 0 aromatic rings. The monoisotopic (exact) mass is 179 g/mol. The van der Waals surface area contributed by atoms with Crippen molar-refractivity contribution in [2.24, 2.45) is 17.8 Å². The number of hydrogen-bond acceptors (Lipinski definition) is 1. The molecule has 2 aliphatic carbocycles. The molecule has 2 saturated carbocycles. The maximum Gasteiger partial charge on any atom is 0.243 e. The lowest BCUT2D eigenvalue weighted by atomic mass is 9.89. The first-order valence-corrected chi connectivity index (χ1v) is 5.20. The zero-order valence-corrected chi connectivity index (χ0v) is 7.96. The van der Waals surface area contributed by atoms with E-state index in [1.54, 1.807) is 0 Å². The summed E-state index contributed by atoms with van der Waals surface area (Å²) in [6.45, 7) is 4.31. The number of carbonyl (C=O) groups is 1. The highest BCUT2D eigenvalue weighted by Gasteiger charge is 2.39. The second kappa shape index (κ2) is 3.52. The van der Waals surface area contributed by atoms with Crippen LogP contribution < -0.4 is 5.32 Å². The van der Waals surface area contributed by atoms with Crippen LogP contribution in [0.15, 0.2) is 12.7 Å². The van der Waals surface area contributed by atoms with Crippen LogP contribution in [0.3, 0.4) is 0 Å². The summed E-state index contributed by atoms with van der Waals surface area (Å²) in [5.41, 5.74) is 0. The maximum atomic E-state index is 10.9. The van der Waals surface area contributed by atoms with E-state index in [9.17, 15) is 4.79 Å². The van der Waals surface area contributed by atoms with Gasteiger partial charge in [0.25, 0.3) is 0 Å². The van der Waals surface area contributed by atoms with Gasteiger partial charge in [0.05, 0.1) is 0 Å². The first kappa shape index (κ1) is 8.79. The molecule has 0 aromatic heterocycles. The van der Waals surface area contributed by atoms with Crippen LogP contribution in [0.5, 0.6) is 0 Å². The summed E-state index contributed by atoms with van der Waals surface area (Å²) in [6, 6.07) is 0. The average molecular weight is 179 g/mol. The predicted molar refractivity (Wildman–Crippen MR) is 52.1 cm³/mol. The molecule has 72 valence electrons. The van der Waals surface area contributed by atoms with Crippen LogP contribution in [0.25, 0.3) is 0 Å². The van der Waals surface area contributed by atoms with Gasteiger partial charge in [0.2, 0.25) is 5.91 Å². The Morgan fingerprint density at radius 3 is 2.85 bits per heavy atom. The molecule has 3 unspecified atom stereocenters. The Balaban J connectivity index is 1.77. The number of rotatable bonds is 3. The van der Waals surface area contributed by atoms with Crippen LogP contribution in [0, 0.1) is 17.8 Å². The molecule has 0 aromatic carbocycles. The van der Waals surface area contributed by atoms with E-state index in [4.69, 9.17) is 0 Å². The molecule has 13 heavy (non-hydrogen) atoms. The summed E-state index contributed by atoms with van der Waals surface area (Å²) in [6.07, 6.45) is 6.92. The van der Waals surface area contributed by atoms with E-state index in [0.717, 1.165) is 24.3 Å². The fourth-order valence-corrected chi connectivity index (χ4v) is 2.93. The van der Waals surface area contributed by atoms with Crippen LogP contribution in [0.2, 0.25) is 0 Å². The predicted octanol–water partition coefficient (Wildman–Crippen LogP) is 1.72. The van der Waals surface area contributed by atoms with E-state index in [-0.39, 0.29) is 5.91 Å². The molecule has 1 amide bonds. The highest BCUT2D eigenvalue weighted by Crippen LogP contribution is 2.47. The molecule has 2 aliphatic rings. The molecule has 0 radical (unpaired) electrons. The lowest BCUT2D eigenvalue weighted by Gasteiger charge is -2.21. The first-order valence-electron chi connectivity index (χ1n) is 5.20. The third-order valence-corrected chi connectivity index (χ3v) is 3.61. The van der Waals surface area contributed by atoms with Gasteiger partial charge in [-0.2, -0.15) is 0 Å². The number of fused-ring (bicyclic) bond motifs is 2. The third kappa shape index (κ3) is 1.77. The van der Waals surface area contributed by atoms with Crippen molar-refractivity contribution in [1.29, 1.82) is 0 Å². The topological polar surface area (TPSA) is 29.1 Å². The molecule has 0 saturated heterocycles. The second-order valence-electron chi connectivity index (χ2n) is 4.38. The van der Waals surface area contributed by atoms with Gasteiger partial charge in [-0.1, -0.05) is 13.0 Å². The first-order chi connectivity index (χ1) is 6.29. The highest BCUT2D eigenvalue weighted by atomic mass is 16.1. The molecule has 2 bridgehead atoms. The number of nitrogens with one attached hydrogen (secondary N) is 1.